The second-order valence-corrected chi connectivity index (χ2v) is 7.52. The Kier molecular flexibility index (Phi) is 5.72. The molecular weight excluding hydrogens is 373 g/mol. The lowest BCUT2D eigenvalue weighted by Gasteiger charge is -2.09. The van der Waals surface area contributed by atoms with Crippen LogP contribution in [0.3, 0.4) is 0 Å². The fraction of sp³-hybridized carbons (Fsp3) is 0.280. The number of rotatable bonds is 7. The molecule has 1 aliphatic heterocycles. The first-order valence-corrected chi connectivity index (χ1v) is 10.0. The number of benzene rings is 3. The molecule has 1 unspecified atom stereocenters. The van der Waals surface area contributed by atoms with Crippen molar-refractivity contribution in [1.29, 1.82) is 0 Å². The van der Waals surface area contributed by atoms with Gasteiger partial charge in [0.1, 0.15) is 11.9 Å². The van der Waals surface area contributed by atoms with Gasteiger partial charge in [-0.3, -0.25) is 0 Å². The Hall–Kier alpha value is -2.59. The van der Waals surface area contributed by atoms with Gasteiger partial charge >= 0.3 is 0 Å². The summed E-state index contributed by atoms with van der Waals surface area (Å²) in [6.45, 7) is 2.52. The van der Waals surface area contributed by atoms with Crippen molar-refractivity contribution in [2.24, 2.45) is 0 Å². The van der Waals surface area contributed by atoms with Gasteiger partial charge in [0, 0.05) is 5.56 Å². The Balaban J connectivity index is 1.44. The van der Waals surface area contributed by atoms with Crippen LogP contribution in [0.1, 0.15) is 41.7 Å². The monoisotopic (exact) mass is 396 g/mol. The molecular formula is C25H23F3O. The second kappa shape index (κ2) is 8.42. The molecule has 1 saturated heterocycles. The summed E-state index contributed by atoms with van der Waals surface area (Å²) in [6, 6.07) is 16.3. The molecule has 1 heterocycles. The van der Waals surface area contributed by atoms with E-state index in [2.05, 4.69) is 0 Å². The second-order valence-electron chi connectivity index (χ2n) is 7.52. The first-order chi connectivity index (χ1) is 14.1. The molecule has 0 radical (unpaired) electrons. The summed E-state index contributed by atoms with van der Waals surface area (Å²) < 4.78 is 47.8. The maximum atomic E-state index is 14.3. The summed E-state index contributed by atoms with van der Waals surface area (Å²) >= 11 is 0. The minimum atomic E-state index is -0.734. The van der Waals surface area contributed by atoms with E-state index in [-0.39, 0.29) is 11.9 Å². The van der Waals surface area contributed by atoms with Gasteiger partial charge in [-0.2, -0.15) is 0 Å². The number of hydrogen-bond donors (Lipinski definition) is 0. The van der Waals surface area contributed by atoms with Crippen molar-refractivity contribution in [3.8, 4) is 11.1 Å². The molecule has 0 bridgehead atoms. The third-order valence-electron chi connectivity index (χ3n) is 5.41. The van der Waals surface area contributed by atoms with Crippen molar-refractivity contribution in [2.45, 2.75) is 38.7 Å². The van der Waals surface area contributed by atoms with E-state index in [0.29, 0.717) is 42.6 Å². The molecule has 1 fully saturated rings. The van der Waals surface area contributed by atoms with Crippen LogP contribution in [0.25, 0.3) is 11.1 Å². The number of epoxide rings is 1. The van der Waals surface area contributed by atoms with Crippen molar-refractivity contribution >= 4 is 0 Å². The maximum absolute atomic E-state index is 14.3. The Morgan fingerprint density at radius 1 is 0.793 bits per heavy atom. The Morgan fingerprint density at radius 3 is 2.00 bits per heavy atom. The fourth-order valence-corrected chi connectivity index (χ4v) is 3.62. The lowest BCUT2D eigenvalue weighted by molar-refractivity contribution is 0.408. The van der Waals surface area contributed by atoms with Crippen LogP contribution in [-0.4, -0.2) is 6.61 Å². The number of hydrogen-bond acceptors (Lipinski definition) is 1. The molecule has 0 saturated carbocycles. The van der Waals surface area contributed by atoms with E-state index in [9.17, 15) is 13.2 Å². The van der Waals surface area contributed by atoms with E-state index in [1.165, 1.54) is 6.07 Å². The number of halogens is 3. The van der Waals surface area contributed by atoms with E-state index in [1.807, 2.05) is 37.3 Å². The molecule has 4 heteroatoms. The molecule has 3 aromatic carbocycles. The zero-order chi connectivity index (χ0) is 20.4. The molecule has 1 nitrogen and oxygen atoms in total. The first-order valence-electron chi connectivity index (χ1n) is 10.0. The van der Waals surface area contributed by atoms with Gasteiger partial charge in [0.05, 0.1) is 6.61 Å². The average molecular weight is 396 g/mol. The van der Waals surface area contributed by atoms with E-state index >= 15 is 0 Å². The lowest BCUT2D eigenvalue weighted by Crippen LogP contribution is -2.01. The Labute approximate surface area is 169 Å². The average Bonchev–Trinajstić information content (AvgIpc) is 3.56. The molecule has 0 aliphatic carbocycles. The van der Waals surface area contributed by atoms with Crippen LogP contribution < -0.4 is 0 Å². The first kappa shape index (κ1) is 19.7. The molecule has 1 aliphatic rings. The standard InChI is InChI=1S/C25H23F3O/c1-2-3-18-10-11-19(25(28)24(18)27)9-6-16-4-7-17(8-5-16)20-12-13-21(22(26)14-20)23-15-29-23/h4-5,7-8,10-14,23H,2-3,6,9,15H2,1H3. The Morgan fingerprint density at radius 2 is 1.41 bits per heavy atom. The molecule has 29 heavy (non-hydrogen) atoms. The molecule has 150 valence electrons. The Bertz CT molecular complexity index is 1010. The van der Waals surface area contributed by atoms with Gasteiger partial charge in [-0.05, 0) is 53.1 Å². The maximum Gasteiger partial charge on any atom is 0.162 e. The zero-order valence-electron chi connectivity index (χ0n) is 16.4. The summed E-state index contributed by atoms with van der Waals surface area (Å²) in [7, 11) is 0. The van der Waals surface area contributed by atoms with Gasteiger partial charge in [-0.25, -0.2) is 13.2 Å². The van der Waals surface area contributed by atoms with Crippen LogP contribution in [0, 0.1) is 17.5 Å². The van der Waals surface area contributed by atoms with Crippen LogP contribution in [0.2, 0.25) is 0 Å². The summed E-state index contributed by atoms with van der Waals surface area (Å²) in [5.41, 5.74) is 4.17. The molecule has 0 spiro atoms. The van der Waals surface area contributed by atoms with Crippen LogP contribution >= 0.6 is 0 Å². The number of aryl methyl sites for hydroxylation is 3. The molecule has 0 aromatic heterocycles. The van der Waals surface area contributed by atoms with Crippen LogP contribution in [0.15, 0.2) is 54.6 Å². The van der Waals surface area contributed by atoms with E-state index < -0.39 is 11.6 Å². The quantitative estimate of drug-likeness (QED) is 0.411. The van der Waals surface area contributed by atoms with Crippen molar-refractivity contribution in [2.75, 3.05) is 6.61 Å². The summed E-state index contributed by atoms with van der Waals surface area (Å²) in [6.07, 6.45) is 2.26. The normalized spacial score (nSPS) is 15.5. The highest BCUT2D eigenvalue weighted by atomic mass is 19.2. The van der Waals surface area contributed by atoms with Crippen molar-refractivity contribution in [1.82, 2.24) is 0 Å². The molecule has 1 atom stereocenters. The van der Waals surface area contributed by atoms with Crippen LogP contribution in [0.5, 0.6) is 0 Å². The van der Waals surface area contributed by atoms with Crippen molar-refractivity contribution in [3.05, 3.63) is 94.3 Å². The zero-order valence-corrected chi connectivity index (χ0v) is 16.4. The smallest absolute Gasteiger partial charge is 0.162 e. The van der Waals surface area contributed by atoms with Gasteiger partial charge in [0.25, 0.3) is 0 Å². The van der Waals surface area contributed by atoms with Gasteiger partial charge in [0.15, 0.2) is 11.6 Å². The van der Waals surface area contributed by atoms with Crippen molar-refractivity contribution in [3.63, 3.8) is 0 Å². The third-order valence-corrected chi connectivity index (χ3v) is 5.41. The number of ether oxygens (including phenoxy) is 1. The highest BCUT2D eigenvalue weighted by molar-refractivity contribution is 5.64. The summed E-state index contributed by atoms with van der Waals surface area (Å²) in [4.78, 5) is 0. The predicted octanol–water partition coefficient (Wildman–Crippen LogP) is 6.58. The molecule has 3 aromatic rings. The van der Waals surface area contributed by atoms with E-state index in [1.54, 1.807) is 18.2 Å². The minimum Gasteiger partial charge on any atom is -0.368 e. The predicted molar refractivity (Wildman–Crippen MR) is 108 cm³/mol. The lowest BCUT2D eigenvalue weighted by atomic mass is 9.98. The topological polar surface area (TPSA) is 12.5 Å². The van der Waals surface area contributed by atoms with Gasteiger partial charge in [0.2, 0.25) is 0 Å². The van der Waals surface area contributed by atoms with Crippen LogP contribution in [-0.2, 0) is 24.0 Å². The fourth-order valence-electron chi connectivity index (χ4n) is 3.62. The summed E-state index contributed by atoms with van der Waals surface area (Å²) in [5.74, 6) is -1.71. The molecule has 0 amide bonds. The van der Waals surface area contributed by atoms with E-state index in [0.717, 1.165) is 23.1 Å². The molecule has 0 N–H and O–H groups in total. The van der Waals surface area contributed by atoms with Crippen LogP contribution in [0.4, 0.5) is 13.2 Å². The summed E-state index contributed by atoms with van der Waals surface area (Å²) in [5, 5.41) is 0. The van der Waals surface area contributed by atoms with Gasteiger partial charge < -0.3 is 4.74 Å². The van der Waals surface area contributed by atoms with Gasteiger partial charge in [-0.15, -0.1) is 0 Å². The van der Waals surface area contributed by atoms with E-state index in [4.69, 9.17) is 4.74 Å². The SMILES string of the molecule is CCCc1ccc(CCc2ccc(-c3ccc(C4CO4)c(F)c3)cc2)c(F)c1F. The largest absolute Gasteiger partial charge is 0.368 e. The highest BCUT2D eigenvalue weighted by Crippen LogP contribution is 2.33. The minimum absolute atomic E-state index is 0.104. The van der Waals surface area contributed by atoms with Crippen molar-refractivity contribution < 1.29 is 17.9 Å². The van der Waals surface area contributed by atoms with Gasteiger partial charge in [-0.1, -0.05) is 61.9 Å². The highest BCUT2D eigenvalue weighted by Gasteiger charge is 2.27. The third kappa shape index (κ3) is 4.38. The molecule has 4 rings (SSSR count).